The van der Waals surface area contributed by atoms with Gasteiger partial charge in [0.05, 0.1) is 18.7 Å². The van der Waals surface area contributed by atoms with Crippen molar-refractivity contribution in [1.29, 1.82) is 0 Å². The second-order valence-electron chi connectivity index (χ2n) is 12.9. The normalized spacial score (nSPS) is 23.6. The lowest BCUT2D eigenvalue weighted by atomic mass is 9.57. The molecule has 0 spiro atoms. The number of phenolic OH excluding ortho intramolecular Hbond substituents is 1. The van der Waals surface area contributed by atoms with Gasteiger partial charge in [0.15, 0.2) is 11.4 Å². The van der Waals surface area contributed by atoms with Gasteiger partial charge in [0, 0.05) is 23.6 Å². The summed E-state index contributed by atoms with van der Waals surface area (Å²) < 4.78 is 5.73. The molecule has 1 saturated carbocycles. The highest BCUT2D eigenvalue weighted by molar-refractivity contribution is 6.24. The maximum atomic E-state index is 14.2. The van der Waals surface area contributed by atoms with Crippen molar-refractivity contribution >= 4 is 23.2 Å². The van der Waals surface area contributed by atoms with Crippen LogP contribution in [0.3, 0.4) is 0 Å². The minimum Gasteiger partial charge on any atom is -0.508 e. The molecular weight excluding hydrogens is 614 g/mol. The van der Waals surface area contributed by atoms with E-state index in [0.717, 1.165) is 24.1 Å². The highest BCUT2D eigenvalue weighted by atomic mass is 16.5. The molecule has 11 nitrogen and oxygen atoms in total. The molecule has 3 aliphatic carbocycles. The molecule has 0 saturated heterocycles. The standard InChI is InChI=1S/C37H39N3O8/c1-40(2)31-25-17-21-16-24-22(23-15-20(9-12-27(23)48-3)18-39-14-13-19-7-5-4-6-8-19)10-11-26(41)29(24)32(42)28(21)34(44)37(25,47)35(45)30(33(31)43)36(38)46/h4-12,15,21,25,31,39,41-42,45,47H,13-14,16-18H2,1-3H3,(H2,38,46). The monoisotopic (exact) mass is 653 g/mol. The summed E-state index contributed by atoms with van der Waals surface area (Å²) in [5.41, 5.74) is 5.88. The van der Waals surface area contributed by atoms with E-state index in [1.165, 1.54) is 16.5 Å². The number of aliphatic hydroxyl groups excluding tert-OH is 2. The number of carbonyl (C=O) groups is 3. The summed E-state index contributed by atoms with van der Waals surface area (Å²) in [5.74, 6) is -6.33. The van der Waals surface area contributed by atoms with Crippen LogP contribution >= 0.6 is 0 Å². The van der Waals surface area contributed by atoms with E-state index >= 15 is 0 Å². The van der Waals surface area contributed by atoms with Crippen LogP contribution in [-0.2, 0) is 33.8 Å². The lowest BCUT2D eigenvalue weighted by Crippen LogP contribution is -2.65. The fourth-order valence-corrected chi connectivity index (χ4v) is 7.68. The van der Waals surface area contributed by atoms with E-state index < -0.39 is 58.0 Å². The Morgan fingerprint density at radius 2 is 1.75 bits per heavy atom. The molecule has 0 heterocycles. The molecule has 4 atom stereocenters. The fourth-order valence-electron chi connectivity index (χ4n) is 7.68. The van der Waals surface area contributed by atoms with Crippen molar-refractivity contribution in [2.24, 2.45) is 17.6 Å². The molecule has 0 radical (unpaired) electrons. The Balaban J connectivity index is 1.40. The third-order valence-corrected chi connectivity index (χ3v) is 9.92. The average molecular weight is 654 g/mol. The number of fused-ring (bicyclic) bond motifs is 3. The van der Waals surface area contributed by atoms with Gasteiger partial charge in [-0.3, -0.25) is 19.3 Å². The number of aromatic hydroxyl groups is 1. The van der Waals surface area contributed by atoms with Gasteiger partial charge in [-0.05, 0) is 86.3 Å². The van der Waals surface area contributed by atoms with Crippen LogP contribution in [-0.4, -0.2) is 82.2 Å². The number of methoxy groups -OCH3 is 1. The molecule has 11 heteroatoms. The van der Waals surface area contributed by atoms with Gasteiger partial charge in [0.2, 0.25) is 5.78 Å². The number of primary amides is 1. The lowest BCUT2D eigenvalue weighted by molar-refractivity contribution is -0.153. The van der Waals surface area contributed by atoms with Gasteiger partial charge in [0.1, 0.15) is 28.6 Å². The summed E-state index contributed by atoms with van der Waals surface area (Å²) in [7, 11) is 4.69. The van der Waals surface area contributed by atoms with Crippen LogP contribution in [0.1, 0.15) is 28.7 Å². The molecule has 250 valence electrons. The highest BCUT2D eigenvalue weighted by Gasteiger charge is 2.64. The molecule has 1 amide bonds. The number of aliphatic hydroxyl groups is 3. The van der Waals surface area contributed by atoms with E-state index in [2.05, 4.69) is 17.4 Å². The van der Waals surface area contributed by atoms with Gasteiger partial charge >= 0.3 is 0 Å². The van der Waals surface area contributed by atoms with Gasteiger partial charge < -0.3 is 36.2 Å². The van der Waals surface area contributed by atoms with Crippen molar-refractivity contribution in [3.05, 3.63) is 99.8 Å². The fraction of sp³-hybridized carbons (Fsp3) is 0.324. The number of nitrogens with two attached hydrogens (primary N) is 1. The number of nitrogens with one attached hydrogen (secondary N) is 1. The third-order valence-electron chi connectivity index (χ3n) is 9.92. The predicted molar refractivity (Wildman–Crippen MR) is 178 cm³/mol. The van der Waals surface area contributed by atoms with Crippen LogP contribution in [0.25, 0.3) is 16.9 Å². The Morgan fingerprint density at radius 3 is 2.42 bits per heavy atom. The summed E-state index contributed by atoms with van der Waals surface area (Å²) in [6.45, 7) is 1.35. The van der Waals surface area contributed by atoms with E-state index in [1.54, 1.807) is 27.3 Å². The van der Waals surface area contributed by atoms with E-state index in [4.69, 9.17) is 10.5 Å². The number of ether oxygens (including phenoxy) is 1. The first kappa shape index (κ1) is 33.0. The molecule has 7 N–H and O–H groups in total. The summed E-state index contributed by atoms with van der Waals surface area (Å²) in [6, 6.07) is 18.0. The van der Waals surface area contributed by atoms with E-state index in [9.17, 15) is 34.8 Å². The maximum Gasteiger partial charge on any atom is 0.255 e. The molecule has 6 rings (SSSR count). The van der Waals surface area contributed by atoms with Crippen LogP contribution in [0, 0.1) is 11.8 Å². The second kappa shape index (κ2) is 12.6. The Hall–Kier alpha value is -4.97. The summed E-state index contributed by atoms with van der Waals surface area (Å²) >= 11 is 0. The number of ketones is 2. The molecule has 1 fully saturated rings. The largest absolute Gasteiger partial charge is 0.508 e. The first-order valence-electron chi connectivity index (χ1n) is 15.8. The molecule has 0 aliphatic heterocycles. The van der Waals surface area contributed by atoms with Crippen molar-refractivity contribution in [2.45, 2.75) is 37.5 Å². The average Bonchev–Trinajstić information content (AvgIpc) is 3.05. The van der Waals surface area contributed by atoms with Gasteiger partial charge in [-0.2, -0.15) is 0 Å². The number of hydrogen-bond donors (Lipinski definition) is 6. The molecule has 0 bridgehead atoms. The number of hydrogen-bond acceptors (Lipinski definition) is 10. The molecule has 4 unspecified atom stereocenters. The topological polar surface area (TPSA) is 183 Å². The minimum absolute atomic E-state index is 0.00334. The number of likely N-dealkylation sites (N-methyl/N-ethyl adjacent to an activating group) is 1. The number of rotatable bonds is 9. The Bertz CT molecular complexity index is 1880. The quantitative estimate of drug-likeness (QED) is 0.148. The minimum atomic E-state index is -2.69. The second-order valence-corrected chi connectivity index (χ2v) is 12.9. The van der Waals surface area contributed by atoms with Crippen molar-refractivity contribution in [3.8, 4) is 22.6 Å². The lowest BCUT2D eigenvalue weighted by Gasteiger charge is -2.50. The zero-order chi connectivity index (χ0) is 34.5. The molecular formula is C37H39N3O8. The van der Waals surface area contributed by atoms with Gasteiger partial charge in [-0.15, -0.1) is 0 Å². The number of carbonyl (C=O) groups excluding carboxylic acids is 3. The maximum absolute atomic E-state index is 14.2. The number of phenols is 1. The van der Waals surface area contributed by atoms with Crippen LogP contribution in [0.2, 0.25) is 0 Å². The van der Waals surface area contributed by atoms with Crippen molar-refractivity contribution in [3.63, 3.8) is 0 Å². The third kappa shape index (κ3) is 5.24. The van der Waals surface area contributed by atoms with Crippen molar-refractivity contribution in [2.75, 3.05) is 27.7 Å². The first-order chi connectivity index (χ1) is 22.9. The van der Waals surface area contributed by atoms with E-state index in [1.807, 2.05) is 36.4 Å². The predicted octanol–water partition coefficient (Wildman–Crippen LogP) is 2.97. The molecule has 3 aliphatic rings. The summed E-state index contributed by atoms with van der Waals surface area (Å²) in [6.07, 6.45) is 1.04. The molecule has 3 aromatic rings. The van der Waals surface area contributed by atoms with E-state index in [0.29, 0.717) is 23.4 Å². The SMILES string of the molecule is COc1ccc(CNCCc2ccccc2)cc1-c1ccc(O)c2c1CC1CC3C(N(C)C)C(=O)C(C(N)=O)=C(O)C3(O)C(=O)C1=C2O. The van der Waals surface area contributed by atoms with Crippen LogP contribution < -0.4 is 15.8 Å². The van der Waals surface area contributed by atoms with Crippen LogP contribution in [0.4, 0.5) is 0 Å². The van der Waals surface area contributed by atoms with Gasteiger partial charge in [-0.1, -0.05) is 42.5 Å². The summed E-state index contributed by atoms with van der Waals surface area (Å²) in [4.78, 5) is 41.3. The molecule has 3 aromatic carbocycles. The van der Waals surface area contributed by atoms with Crippen LogP contribution in [0.15, 0.2) is 77.6 Å². The number of amides is 1. The van der Waals surface area contributed by atoms with E-state index in [-0.39, 0.29) is 29.7 Å². The smallest absolute Gasteiger partial charge is 0.255 e. The van der Waals surface area contributed by atoms with Crippen molar-refractivity contribution < 1.29 is 39.5 Å². The zero-order valence-corrected chi connectivity index (χ0v) is 27.0. The van der Waals surface area contributed by atoms with Gasteiger partial charge in [0.25, 0.3) is 5.91 Å². The Labute approximate surface area is 278 Å². The molecule has 0 aromatic heterocycles. The van der Waals surface area contributed by atoms with Crippen LogP contribution in [0.5, 0.6) is 11.5 Å². The molecule has 48 heavy (non-hydrogen) atoms. The summed E-state index contributed by atoms with van der Waals surface area (Å²) in [5, 5.41) is 49.1. The number of Topliss-reactive ketones (excluding diaryl/α,β-unsaturated/α-hetero) is 2. The van der Waals surface area contributed by atoms with Gasteiger partial charge in [-0.25, -0.2) is 0 Å². The Morgan fingerprint density at radius 1 is 1.02 bits per heavy atom. The van der Waals surface area contributed by atoms with Crippen molar-refractivity contribution in [1.82, 2.24) is 10.2 Å². The number of nitrogens with zero attached hydrogens (tertiary/aromatic N) is 1. The highest BCUT2D eigenvalue weighted by Crippen LogP contribution is 2.54. The zero-order valence-electron chi connectivity index (χ0n) is 27.0. The Kier molecular flexibility index (Phi) is 8.63. The first-order valence-corrected chi connectivity index (χ1v) is 15.8. The number of benzene rings is 3.